The zero-order valence-corrected chi connectivity index (χ0v) is 15.2. The number of anilines is 1. The summed E-state index contributed by atoms with van der Waals surface area (Å²) in [4.78, 5) is 11.2. The second-order valence-electron chi connectivity index (χ2n) is 8.54. The largest absolute Gasteiger partial charge is 0.478 e. The molecule has 1 aliphatic heterocycles. The van der Waals surface area contributed by atoms with Gasteiger partial charge in [-0.25, -0.2) is 4.79 Å². The Hall–Kier alpha value is -2.29. The smallest absolute Gasteiger partial charge is 0.335 e. The van der Waals surface area contributed by atoms with Crippen LogP contribution in [0.2, 0.25) is 0 Å². The Kier molecular flexibility index (Phi) is 3.43. The molecule has 0 bridgehead atoms. The molecule has 2 fully saturated rings. The van der Waals surface area contributed by atoms with Crippen LogP contribution in [0.4, 0.5) is 5.69 Å². The highest BCUT2D eigenvalue weighted by molar-refractivity contribution is 5.87. The lowest BCUT2D eigenvalue weighted by Gasteiger charge is -2.45. The van der Waals surface area contributed by atoms with E-state index in [1.54, 1.807) is 12.1 Å². The summed E-state index contributed by atoms with van der Waals surface area (Å²) in [5.74, 6) is 0.474. The van der Waals surface area contributed by atoms with E-state index < -0.39 is 5.97 Å². The molecule has 3 nitrogen and oxygen atoms in total. The summed E-state index contributed by atoms with van der Waals surface area (Å²) in [5.41, 5.74) is 6.05. The maximum atomic E-state index is 11.2. The Bertz CT molecular complexity index is 868. The number of rotatable bonds is 3. The third-order valence-electron chi connectivity index (χ3n) is 6.97. The minimum absolute atomic E-state index is 0.210. The molecule has 0 amide bonds. The second kappa shape index (κ2) is 5.60. The van der Waals surface area contributed by atoms with E-state index in [9.17, 15) is 4.79 Å². The van der Waals surface area contributed by atoms with Gasteiger partial charge in [0, 0.05) is 5.69 Å². The summed E-state index contributed by atoms with van der Waals surface area (Å²) in [6.07, 6.45) is 6.40. The fourth-order valence-corrected chi connectivity index (χ4v) is 5.31. The van der Waals surface area contributed by atoms with Gasteiger partial charge in [0.05, 0.1) is 11.6 Å². The highest BCUT2D eigenvalue weighted by Gasteiger charge is 2.49. The van der Waals surface area contributed by atoms with Crippen LogP contribution in [0.3, 0.4) is 0 Å². The predicted molar refractivity (Wildman–Crippen MR) is 103 cm³/mol. The van der Waals surface area contributed by atoms with E-state index in [2.05, 4.69) is 30.4 Å². The van der Waals surface area contributed by atoms with Crippen LogP contribution < -0.4 is 5.32 Å². The van der Waals surface area contributed by atoms with E-state index in [4.69, 9.17) is 5.11 Å². The van der Waals surface area contributed by atoms with Crippen LogP contribution in [-0.4, -0.2) is 11.1 Å². The summed E-state index contributed by atoms with van der Waals surface area (Å²) < 4.78 is 0. The summed E-state index contributed by atoms with van der Waals surface area (Å²) in [5, 5.41) is 13.0. The van der Waals surface area contributed by atoms with Crippen LogP contribution in [0.25, 0.3) is 0 Å². The number of aromatic carboxylic acids is 1. The minimum atomic E-state index is -0.864. The van der Waals surface area contributed by atoms with E-state index in [0.29, 0.717) is 11.5 Å². The molecule has 2 aromatic rings. The Morgan fingerprint density at radius 3 is 2.50 bits per heavy atom. The molecule has 3 atom stereocenters. The van der Waals surface area contributed by atoms with E-state index >= 15 is 0 Å². The lowest BCUT2D eigenvalue weighted by atomic mass is 9.66. The highest BCUT2D eigenvalue weighted by atomic mass is 16.4. The Labute approximate surface area is 154 Å². The first kappa shape index (κ1) is 15.9. The first-order valence-corrected chi connectivity index (χ1v) is 9.80. The van der Waals surface area contributed by atoms with Gasteiger partial charge in [0.15, 0.2) is 0 Å². The SMILES string of the molecule is C[C@@]12CCC[C@@H]1[C@@H](c1ccc(C(=O)O)cc1)Nc1ccc(C3CC3)cc12. The van der Waals surface area contributed by atoms with Gasteiger partial charge in [-0.1, -0.05) is 37.6 Å². The highest BCUT2D eigenvalue weighted by Crippen LogP contribution is 2.57. The average molecular weight is 347 g/mol. The van der Waals surface area contributed by atoms with E-state index in [-0.39, 0.29) is 11.5 Å². The van der Waals surface area contributed by atoms with Gasteiger partial charge < -0.3 is 10.4 Å². The molecule has 3 heteroatoms. The quantitative estimate of drug-likeness (QED) is 0.772. The van der Waals surface area contributed by atoms with Crippen molar-refractivity contribution >= 4 is 11.7 Å². The predicted octanol–water partition coefficient (Wildman–Crippen LogP) is 5.49. The molecule has 0 unspecified atom stereocenters. The van der Waals surface area contributed by atoms with Crippen molar-refractivity contribution in [2.45, 2.75) is 56.4 Å². The van der Waals surface area contributed by atoms with Gasteiger partial charge in [0.1, 0.15) is 0 Å². The summed E-state index contributed by atoms with van der Waals surface area (Å²) in [7, 11) is 0. The van der Waals surface area contributed by atoms with Gasteiger partial charge in [0.25, 0.3) is 0 Å². The third-order valence-corrected chi connectivity index (χ3v) is 6.97. The zero-order chi connectivity index (χ0) is 17.9. The molecule has 0 saturated heterocycles. The lowest BCUT2D eigenvalue weighted by molar-refractivity contribution is 0.0697. The maximum Gasteiger partial charge on any atom is 0.335 e. The molecular weight excluding hydrogens is 322 g/mol. The molecule has 2 aliphatic carbocycles. The van der Waals surface area contributed by atoms with Gasteiger partial charge in [0.2, 0.25) is 0 Å². The van der Waals surface area contributed by atoms with Crippen LogP contribution in [0.15, 0.2) is 42.5 Å². The van der Waals surface area contributed by atoms with Crippen molar-refractivity contribution in [3.8, 4) is 0 Å². The number of carbonyl (C=O) groups is 1. The monoisotopic (exact) mass is 347 g/mol. The van der Waals surface area contributed by atoms with E-state index in [0.717, 1.165) is 5.92 Å². The molecule has 0 spiro atoms. The van der Waals surface area contributed by atoms with Crippen molar-refractivity contribution in [2.75, 3.05) is 5.32 Å². The van der Waals surface area contributed by atoms with Crippen LogP contribution in [0.1, 0.15) is 78.0 Å². The van der Waals surface area contributed by atoms with Gasteiger partial charge in [-0.3, -0.25) is 0 Å². The number of hydrogen-bond acceptors (Lipinski definition) is 2. The Balaban J connectivity index is 1.56. The van der Waals surface area contributed by atoms with Gasteiger partial charge in [-0.15, -0.1) is 0 Å². The van der Waals surface area contributed by atoms with E-state index in [1.165, 1.54) is 54.5 Å². The number of benzene rings is 2. The number of carboxylic acids is 1. The Morgan fingerprint density at radius 1 is 1.08 bits per heavy atom. The first-order valence-electron chi connectivity index (χ1n) is 9.80. The molecule has 26 heavy (non-hydrogen) atoms. The molecule has 2 N–H and O–H groups in total. The molecule has 5 rings (SSSR count). The van der Waals surface area contributed by atoms with Crippen molar-refractivity contribution in [3.05, 3.63) is 64.7 Å². The molecule has 2 saturated carbocycles. The third kappa shape index (κ3) is 2.37. The van der Waals surface area contributed by atoms with Crippen molar-refractivity contribution in [3.63, 3.8) is 0 Å². The normalized spacial score (nSPS) is 29.6. The lowest BCUT2D eigenvalue weighted by Crippen LogP contribution is -2.39. The number of nitrogens with one attached hydrogen (secondary N) is 1. The van der Waals surface area contributed by atoms with Crippen molar-refractivity contribution < 1.29 is 9.90 Å². The fraction of sp³-hybridized carbons (Fsp3) is 0.435. The van der Waals surface area contributed by atoms with Crippen LogP contribution in [0.5, 0.6) is 0 Å². The molecule has 0 aromatic heterocycles. The number of fused-ring (bicyclic) bond motifs is 3. The van der Waals surface area contributed by atoms with Crippen molar-refractivity contribution in [1.29, 1.82) is 0 Å². The summed E-state index contributed by atoms with van der Waals surface area (Å²) in [6.45, 7) is 2.44. The van der Waals surface area contributed by atoms with Crippen LogP contribution in [-0.2, 0) is 5.41 Å². The molecule has 3 aliphatic rings. The van der Waals surface area contributed by atoms with Crippen molar-refractivity contribution in [1.82, 2.24) is 0 Å². The standard InChI is InChI=1S/C23H25NO2/c1-23-12-2-3-18(23)21(15-6-8-16(9-7-15)22(25)26)24-20-11-10-17(13-19(20)23)14-4-5-14/h6-11,13-14,18,21,24H,2-5,12H2,1H3,(H,25,26)/t18-,21-,23-/m1/s1. The van der Waals surface area contributed by atoms with Gasteiger partial charge in [-0.2, -0.15) is 0 Å². The maximum absolute atomic E-state index is 11.2. The van der Waals surface area contributed by atoms with Gasteiger partial charge in [-0.05, 0) is 77.8 Å². The fourth-order valence-electron chi connectivity index (χ4n) is 5.31. The molecule has 0 radical (unpaired) electrons. The van der Waals surface area contributed by atoms with E-state index in [1.807, 2.05) is 12.1 Å². The molecular formula is C23H25NO2. The van der Waals surface area contributed by atoms with Crippen LogP contribution >= 0.6 is 0 Å². The average Bonchev–Trinajstić information content (AvgIpc) is 3.42. The first-order chi connectivity index (χ1) is 12.6. The molecule has 1 heterocycles. The molecule has 134 valence electrons. The minimum Gasteiger partial charge on any atom is -0.478 e. The summed E-state index contributed by atoms with van der Waals surface area (Å²) >= 11 is 0. The van der Waals surface area contributed by atoms with Gasteiger partial charge >= 0.3 is 5.97 Å². The molecule has 2 aromatic carbocycles. The van der Waals surface area contributed by atoms with Crippen LogP contribution in [0, 0.1) is 5.92 Å². The topological polar surface area (TPSA) is 49.3 Å². The summed E-state index contributed by atoms with van der Waals surface area (Å²) in [6, 6.07) is 14.8. The second-order valence-corrected chi connectivity index (χ2v) is 8.54. The zero-order valence-electron chi connectivity index (χ0n) is 15.2. The number of hydrogen-bond donors (Lipinski definition) is 2. The Morgan fingerprint density at radius 2 is 1.81 bits per heavy atom. The van der Waals surface area contributed by atoms with Crippen molar-refractivity contribution in [2.24, 2.45) is 5.92 Å². The number of carboxylic acid groups (broad SMARTS) is 1.